The number of carbonyl (C=O) groups is 1. The topological polar surface area (TPSA) is 66.0 Å². The highest BCUT2D eigenvalue weighted by atomic mass is 16.5. The third kappa shape index (κ3) is 23.3. The van der Waals surface area contributed by atoms with Crippen LogP contribution in [0.5, 0.6) is 0 Å². The van der Waals surface area contributed by atoms with Gasteiger partial charge in [0, 0.05) is 26.2 Å². The first-order valence-corrected chi connectivity index (χ1v) is 10.2. The zero-order chi connectivity index (χ0) is 20.6. The fourth-order valence-electron chi connectivity index (χ4n) is 1.92. The van der Waals surface area contributed by atoms with Gasteiger partial charge in [-0.3, -0.25) is 4.79 Å². The number of ether oxygens (including phenoxy) is 4. The van der Waals surface area contributed by atoms with Crippen molar-refractivity contribution >= 4 is 5.91 Å². The summed E-state index contributed by atoms with van der Waals surface area (Å²) in [5.74, 6) is -0.0197. The lowest BCUT2D eigenvalue weighted by molar-refractivity contribution is -0.122. The summed E-state index contributed by atoms with van der Waals surface area (Å²) in [5, 5.41) is 2.82. The van der Waals surface area contributed by atoms with Crippen molar-refractivity contribution in [3.05, 3.63) is 0 Å². The lowest BCUT2D eigenvalue weighted by atomic mass is 9.93. The number of carbonyl (C=O) groups excluding carboxylic acids is 1. The van der Waals surface area contributed by atoms with Gasteiger partial charge >= 0.3 is 0 Å². The van der Waals surface area contributed by atoms with Gasteiger partial charge in [-0.1, -0.05) is 41.5 Å². The van der Waals surface area contributed by atoms with Crippen LogP contribution in [0.2, 0.25) is 0 Å². The first-order valence-electron chi connectivity index (χ1n) is 10.2. The minimum Gasteiger partial charge on any atom is -0.379 e. The summed E-state index contributed by atoms with van der Waals surface area (Å²) in [4.78, 5) is 11.7. The Kier molecular flexibility index (Phi) is 14.9. The molecule has 6 nitrogen and oxygen atoms in total. The maximum absolute atomic E-state index is 11.7. The van der Waals surface area contributed by atoms with Crippen molar-refractivity contribution in [3.63, 3.8) is 0 Å². The Bertz CT molecular complexity index is 361. The first-order chi connectivity index (χ1) is 12.6. The second kappa shape index (κ2) is 15.3. The Morgan fingerprint density at radius 2 is 1.04 bits per heavy atom. The van der Waals surface area contributed by atoms with Crippen molar-refractivity contribution in [1.82, 2.24) is 5.32 Å². The SMILES string of the molecule is CC(C)(C)CCOCCOCCNC(=O)CCOCCOCCC(C)(C)C. The number of hydrogen-bond acceptors (Lipinski definition) is 5. The van der Waals surface area contributed by atoms with Crippen molar-refractivity contribution in [2.45, 2.75) is 60.8 Å². The van der Waals surface area contributed by atoms with Crippen LogP contribution in [-0.4, -0.2) is 65.3 Å². The molecule has 0 aliphatic rings. The fraction of sp³-hybridized carbons (Fsp3) is 0.952. The van der Waals surface area contributed by atoms with Crippen molar-refractivity contribution in [3.8, 4) is 0 Å². The molecule has 1 N–H and O–H groups in total. The smallest absolute Gasteiger partial charge is 0.222 e. The number of rotatable bonds is 16. The number of hydrogen-bond donors (Lipinski definition) is 1. The summed E-state index contributed by atoms with van der Waals surface area (Å²) in [6.45, 7) is 18.3. The van der Waals surface area contributed by atoms with Crippen molar-refractivity contribution in [2.75, 3.05) is 59.4 Å². The molecule has 0 aliphatic carbocycles. The van der Waals surface area contributed by atoms with E-state index in [4.69, 9.17) is 18.9 Å². The first kappa shape index (κ1) is 26.3. The van der Waals surface area contributed by atoms with Gasteiger partial charge in [0.2, 0.25) is 5.91 Å². The molecule has 0 aliphatic heterocycles. The van der Waals surface area contributed by atoms with E-state index in [9.17, 15) is 4.79 Å². The predicted octanol–water partition coefficient (Wildman–Crippen LogP) is 3.43. The van der Waals surface area contributed by atoms with E-state index in [-0.39, 0.29) is 5.91 Å². The van der Waals surface area contributed by atoms with Gasteiger partial charge in [0.05, 0.1) is 39.6 Å². The molecule has 0 spiro atoms. The number of amides is 1. The second-order valence-corrected chi connectivity index (χ2v) is 9.17. The lowest BCUT2D eigenvalue weighted by Gasteiger charge is -2.17. The van der Waals surface area contributed by atoms with Gasteiger partial charge < -0.3 is 24.3 Å². The van der Waals surface area contributed by atoms with E-state index in [0.29, 0.717) is 63.4 Å². The van der Waals surface area contributed by atoms with Crippen LogP contribution in [0.15, 0.2) is 0 Å². The molecular weight excluding hydrogens is 346 g/mol. The minimum atomic E-state index is -0.0197. The maximum atomic E-state index is 11.7. The van der Waals surface area contributed by atoms with Crippen LogP contribution in [0.1, 0.15) is 60.8 Å². The average Bonchev–Trinajstić information content (AvgIpc) is 2.53. The Hall–Kier alpha value is -0.690. The molecule has 0 aromatic rings. The molecule has 0 heterocycles. The van der Waals surface area contributed by atoms with Gasteiger partial charge in [0.25, 0.3) is 0 Å². The van der Waals surface area contributed by atoms with E-state index in [1.54, 1.807) is 0 Å². The van der Waals surface area contributed by atoms with Crippen molar-refractivity contribution < 1.29 is 23.7 Å². The van der Waals surface area contributed by atoms with E-state index in [1.165, 1.54) is 0 Å². The van der Waals surface area contributed by atoms with Crippen LogP contribution in [0.3, 0.4) is 0 Å². The molecule has 162 valence electrons. The van der Waals surface area contributed by atoms with Gasteiger partial charge in [-0.05, 0) is 23.7 Å². The highest BCUT2D eigenvalue weighted by molar-refractivity contribution is 5.75. The average molecular weight is 390 g/mol. The van der Waals surface area contributed by atoms with Gasteiger partial charge in [-0.15, -0.1) is 0 Å². The minimum absolute atomic E-state index is 0.0197. The van der Waals surface area contributed by atoms with Gasteiger partial charge in [0.1, 0.15) is 0 Å². The molecule has 0 rings (SSSR count). The van der Waals surface area contributed by atoms with Crippen LogP contribution in [0.25, 0.3) is 0 Å². The summed E-state index contributed by atoms with van der Waals surface area (Å²) in [5.41, 5.74) is 0.593. The van der Waals surface area contributed by atoms with E-state index < -0.39 is 0 Å². The summed E-state index contributed by atoms with van der Waals surface area (Å²) < 4.78 is 21.9. The lowest BCUT2D eigenvalue weighted by Crippen LogP contribution is -2.28. The highest BCUT2D eigenvalue weighted by Gasteiger charge is 2.09. The standard InChI is InChI=1S/C21H43NO5/c1-20(2,3)8-12-25-16-15-24-11-7-19(23)22-10-14-27-18-17-26-13-9-21(4,5)6/h7-18H2,1-6H3,(H,22,23). The van der Waals surface area contributed by atoms with Crippen molar-refractivity contribution in [2.24, 2.45) is 10.8 Å². The van der Waals surface area contributed by atoms with Crippen LogP contribution in [-0.2, 0) is 23.7 Å². The summed E-state index contributed by atoms with van der Waals surface area (Å²) >= 11 is 0. The van der Waals surface area contributed by atoms with Gasteiger partial charge in [0.15, 0.2) is 0 Å². The molecule has 0 aromatic carbocycles. The molecule has 27 heavy (non-hydrogen) atoms. The Morgan fingerprint density at radius 1 is 0.630 bits per heavy atom. The Balaban J connectivity index is 3.26. The molecular formula is C21H43NO5. The molecule has 0 aromatic heterocycles. The third-order valence-electron chi connectivity index (χ3n) is 3.78. The van der Waals surface area contributed by atoms with Gasteiger partial charge in [-0.2, -0.15) is 0 Å². The van der Waals surface area contributed by atoms with E-state index in [2.05, 4.69) is 46.9 Å². The van der Waals surface area contributed by atoms with E-state index in [0.717, 1.165) is 26.1 Å². The summed E-state index contributed by atoms with van der Waals surface area (Å²) in [7, 11) is 0. The molecule has 6 heteroatoms. The predicted molar refractivity (Wildman–Crippen MR) is 109 cm³/mol. The summed E-state index contributed by atoms with van der Waals surface area (Å²) in [6, 6.07) is 0. The largest absolute Gasteiger partial charge is 0.379 e. The molecule has 0 atom stereocenters. The molecule has 1 amide bonds. The van der Waals surface area contributed by atoms with Crippen molar-refractivity contribution in [1.29, 1.82) is 0 Å². The molecule has 0 radical (unpaired) electrons. The van der Waals surface area contributed by atoms with Crippen LogP contribution in [0, 0.1) is 10.8 Å². The quantitative estimate of drug-likeness (QED) is 0.410. The number of nitrogens with one attached hydrogen (secondary N) is 1. The zero-order valence-electron chi connectivity index (χ0n) is 18.5. The summed E-state index contributed by atoms with van der Waals surface area (Å²) in [6.07, 6.45) is 2.42. The normalized spacial score (nSPS) is 12.4. The molecule has 0 fully saturated rings. The Labute approximate surface area is 166 Å². The van der Waals surface area contributed by atoms with Crippen LogP contribution < -0.4 is 5.32 Å². The van der Waals surface area contributed by atoms with E-state index >= 15 is 0 Å². The third-order valence-corrected chi connectivity index (χ3v) is 3.78. The molecule has 0 saturated heterocycles. The van der Waals surface area contributed by atoms with Crippen LogP contribution >= 0.6 is 0 Å². The Morgan fingerprint density at radius 3 is 1.48 bits per heavy atom. The zero-order valence-corrected chi connectivity index (χ0v) is 18.5. The highest BCUT2D eigenvalue weighted by Crippen LogP contribution is 2.18. The van der Waals surface area contributed by atoms with Gasteiger partial charge in [-0.25, -0.2) is 0 Å². The maximum Gasteiger partial charge on any atom is 0.222 e. The molecule has 0 bridgehead atoms. The fourth-order valence-corrected chi connectivity index (χ4v) is 1.92. The monoisotopic (exact) mass is 389 g/mol. The van der Waals surface area contributed by atoms with E-state index in [1.807, 2.05) is 0 Å². The molecule has 0 unspecified atom stereocenters. The molecule has 0 saturated carbocycles. The van der Waals surface area contributed by atoms with Crippen LogP contribution in [0.4, 0.5) is 0 Å². The second-order valence-electron chi connectivity index (χ2n) is 9.17.